The Kier molecular flexibility index (Phi) is 4.56. The molecular weight excluding hydrogens is 254 g/mol. The van der Waals surface area contributed by atoms with Crippen molar-refractivity contribution in [3.63, 3.8) is 0 Å². The summed E-state index contributed by atoms with van der Waals surface area (Å²) in [7, 11) is 0. The zero-order valence-electron chi connectivity index (χ0n) is 12.2. The first-order valence-corrected chi connectivity index (χ1v) is 6.97. The Morgan fingerprint density at radius 3 is 2.20 bits per heavy atom. The molecule has 0 saturated carbocycles. The third-order valence-electron chi connectivity index (χ3n) is 2.99. The Labute approximate surface area is 119 Å². The standard InChI is InChI=1S/C16H21NO3/c1-4-11-7-8-14(20-11)12-9-15(18-5-2)16(19-6-3)10-13(12)17/h7-10H,4-6,17H2,1-3H3. The van der Waals surface area contributed by atoms with Crippen molar-refractivity contribution in [1.82, 2.24) is 0 Å². The molecule has 0 aliphatic carbocycles. The summed E-state index contributed by atoms with van der Waals surface area (Å²) in [6, 6.07) is 7.56. The summed E-state index contributed by atoms with van der Waals surface area (Å²) in [6.45, 7) is 7.06. The molecule has 2 rings (SSSR count). The second-order valence-corrected chi connectivity index (χ2v) is 4.37. The van der Waals surface area contributed by atoms with Crippen molar-refractivity contribution in [1.29, 1.82) is 0 Å². The monoisotopic (exact) mass is 275 g/mol. The summed E-state index contributed by atoms with van der Waals surface area (Å²) >= 11 is 0. The predicted molar refractivity (Wildman–Crippen MR) is 80.3 cm³/mol. The van der Waals surface area contributed by atoms with Crippen LogP contribution in [-0.2, 0) is 6.42 Å². The molecule has 0 aliphatic heterocycles. The van der Waals surface area contributed by atoms with Crippen LogP contribution in [0.3, 0.4) is 0 Å². The van der Waals surface area contributed by atoms with Gasteiger partial charge in [0.05, 0.1) is 13.2 Å². The fourth-order valence-electron chi connectivity index (χ4n) is 2.04. The van der Waals surface area contributed by atoms with Gasteiger partial charge in [-0.05, 0) is 32.0 Å². The second-order valence-electron chi connectivity index (χ2n) is 4.37. The Bertz CT molecular complexity index is 575. The number of rotatable bonds is 6. The van der Waals surface area contributed by atoms with Crippen LogP contribution in [0.5, 0.6) is 11.5 Å². The normalized spacial score (nSPS) is 10.6. The van der Waals surface area contributed by atoms with Gasteiger partial charge in [0.15, 0.2) is 11.5 Å². The van der Waals surface area contributed by atoms with Gasteiger partial charge in [-0.15, -0.1) is 0 Å². The van der Waals surface area contributed by atoms with Gasteiger partial charge >= 0.3 is 0 Å². The highest BCUT2D eigenvalue weighted by Gasteiger charge is 2.14. The van der Waals surface area contributed by atoms with Crippen molar-refractivity contribution in [2.45, 2.75) is 27.2 Å². The lowest BCUT2D eigenvalue weighted by molar-refractivity contribution is 0.288. The fraction of sp³-hybridized carbons (Fsp3) is 0.375. The molecule has 0 bridgehead atoms. The molecule has 4 heteroatoms. The van der Waals surface area contributed by atoms with Gasteiger partial charge in [0.1, 0.15) is 11.5 Å². The Balaban J connectivity index is 2.44. The first-order valence-electron chi connectivity index (χ1n) is 6.97. The van der Waals surface area contributed by atoms with E-state index in [0.29, 0.717) is 30.4 Å². The highest BCUT2D eigenvalue weighted by molar-refractivity contribution is 5.77. The first kappa shape index (κ1) is 14.3. The van der Waals surface area contributed by atoms with E-state index in [-0.39, 0.29) is 0 Å². The minimum atomic E-state index is 0.569. The number of anilines is 1. The molecule has 1 aromatic heterocycles. The molecular formula is C16H21NO3. The number of hydrogen-bond acceptors (Lipinski definition) is 4. The SMILES string of the molecule is CCOc1cc(N)c(-c2ccc(CC)o2)cc1OCC. The molecule has 0 saturated heterocycles. The highest BCUT2D eigenvalue weighted by atomic mass is 16.5. The molecule has 108 valence electrons. The minimum Gasteiger partial charge on any atom is -0.490 e. The lowest BCUT2D eigenvalue weighted by Crippen LogP contribution is -2.00. The Morgan fingerprint density at radius 2 is 1.65 bits per heavy atom. The van der Waals surface area contributed by atoms with Crippen molar-refractivity contribution in [3.8, 4) is 22.8 Å². The van der Waals surface area contributed by atoms with E-state index in [1.165, 1.54) is 0 Å². The number of aryl methyl sites for hydroxylation is 1. The van der Waals surface area contributed by atoms with Gasteiger partial charge in [-0.25, -0.2) is 0 Å². The van der Waals surface area contributed by atoms with E-state index < -0.39 is 0 Å². The van der Waals surface area contributed by atoms with Gasteiger partial charge in [-0.3, -0.25) is 0 Å². The van der Waals surface area contributed by atoms with Crippen LogP contribution in [0, 0.1) is 0 Å². The van der Waals surface area contributed by atoms with Crippen LogP contribution >= 0.6 is 0 Å². The summed E-state index contributed by atoms with van der Waals surface area (Å²) in [5, 5.41) is 0. The highest BCUT2D eigenvalue weighted by Crippen LogP contribution is 2.38. The minimum absolute atomic E-state index is 0.569. The zero-order chi connectivity index (χ0) is 14.5. The predicted octanol–water partition coefficient (Wildman–Crippen LogP) is 3.89. The maximum absolute atomic E-state index is 6.10. The number of furan rings is 1. The molecule has 2 aromatic rings. The number of benzene rings is 1. The van der Waals surface area contributed by atoms with Crippen LogP contribution in [0.2, 0.25) is 0 Å². The average Bonchev–Trinajstić information content (AvgIpc) is 2.91. The van der Waals surface area contributed by atoms with Gasteiger partial charge in [0.25, 0.3) is 0 Å². The van der Waals surface area contributed by atoms with Gasteiger partial charge in [0.2, 0.25) is 0 Å². The van der Waals surface area contributed by atoms with Crippen LogP contribution in [0.15, 0.2) is 28.7 Å². The molecule has 0 radical (unpaired) electrons. The quantitative estimate of drug-likeness (QED) is 0.812. The van der Waals surface area contributed by atoms with E-state index in [1.54, 1.807) is 6.07 Å². The maximum Gasteiger partial charge on any atom is 0.163 e. The smallest absolute Gasteiger partial charge is 0.163 e. The van der Waals surface area contributed by atoms with Crippen molar-refractivity contribution >= 4 is 5.69 Å². The fourth-order valence-corrected chi connectivity index (χ4v) is 2.04. The Morgan fingerprint density at radius 1 is 1.00 bits per heavy atom. The van der Waals surface area contributed by atoms with Gasteiger partial charge < -0.3 is 19.6 Å². The molecule has 0 atom stereocenters. The summed E-state index contributed by atoms with van der Waals surface area (Å²) < 4.78 is 16.9. The molecule has 1 aromatic carbocycles. The average molecular weight is 275 g/mol. The van der Waals surface area contributed by atoms with Crippen molar-refractivity contribution in [2.24, 2.45) is 0 Å². The topological polar surface area (TPSA) is 57.6 Å². The summed E-state index contributed by atoms with van der Waals surface area (Å²) in [5.41, 5.74) is 7.55. The lowest BCUT2D eigenvalue weighted by atomic mass is 10.1. The Hall–Kier alpha value is -2.10. The molecule has 0 aliphatic rings. The van der Waals surface area contributed by atoms with E-state index in [9.17, 15) is 0 Å². The molecule has 4 nitrogen and oxygen atoms in total. The number of nitrogens with two attached hydrogens (primary N) is 1. The molecule has 0 spiro atoms. The summed E-state index contributed by atoms with van der Waals surface area (Å²) in [5.74, 6) is 3.04. The molecule has 2 N–H and O–H groups in total. The number of nitrogen functional groups attached to an aromatic ring is 1. The van der Waals surface area contributed by atoms with Gasteiger partial charge in [-0.2, -0.15) is 0 Å². The number of ether oxygens (including phenoxy) is 2. The third kappa shape index (κ3) is 2.90. The zero-order valence-corrected chi connectivity index (χ0v) is 12.2. The molecule has 0 amide bonds. The van der Waals surface area contributed by atoms with Crippen LogP contribution < -0.4 is 15.2 Å². The van der Waals surface area contributed by atoms with Crippen molar-refractivity contribution in [3.05, 3.63) is 30.0 Å². The molecule has 0 fully saturated rings. The third-order valence-corrected chi connectivity index (χ3v) is 2.99. The van der Waals surface area contributed by atoms with E-state index in [4.69, 9.17) is 19.6 Å². The lowest BCUT2D eigenvalue weighted by Gasteiger charge is -2.13. The van der Waals surface area contributed by atoms with Crippen LogP contribution in [0.4, 0.5) is 5.69 Å². The molecule has 20 heavy (non-hydrogen) atoms. The van der Waals surface area contributed by atoms with Crippen LogP contribution in [0.25, 0.3) is 11.3 Å². The maximum atomic E-state index is 6.10. The second kappa shape index (κ2) is 6.37. The molecule has 1 heterocycles. The van der Waals surface area contributed by atoms with E-state index in [1.807, 2.05) is 32.0 Å². The van der Waals surface area contributed by atoms with E-state index in [0.717, 1.165) is 23.5 Å². The van der Waals surface area contributed by atoms with Crippen molar-refractivity contribution < 1.29 is 13.9 Å². The van der Waals surface area contributed by atoms with Crippen LogP contribution in [0.1, 0.15) is 26.5 Å². The van der Waals surface area contributed by atoms with E-state index in [2.05, 4.69) is 6.92 Å². The number of hydrogen-bond donors (Lipinski definition) is 1. The van der Waals surface area contributed by atoms with Crippen molar-refractivity contribution in [2.75, 3.05) is 18.9 Å². The molecule has 0 unspecified atom stereocenters. The largest absolute Gasteiger partial charge is 0.490 e. The van der Waals surface area contributed by atoms with E-state index >= 15 is 0 Å². The van der Waals surface area contributed by atoms with Gasteiger partial charge in [0, 0.05) is 23.7 Å². The summed E-state index contributed by atoms with van der Waals surface area (Å²) in [4.78, 5) is 0. The summed E-state index contributed by atoms with van der Waals surface area (Å²) in [6.07, 6.45) is 0.856. The van der Waals surface area contributed by atoms with Crippen LogP contribution in [-0.4, -0.2) is 13.2 Å². The first-order chi connectivity index (χ1) is 9.69. The van der Waals surface area contributed by atoms with Gasteiger partial charge in [-0.1, -0.05) is 6.92 Å².